The van der Waals surface area contributed by atoms with Crippen molar-refractivity contribution in [3.8, 4) is 22.4 Å². The number of hydrogen-bond acceptors (Lipinski definition) is 2. The summed E-state index contributed by atoms with van der Waals surface area (Å²) in [6.07, 6.45) is -4.56. The van der Waals surface area contributed by atoms with Gasteiger partial charge in [0.05, 0.1) is 22.3 Å². The van der Waals surface area contributed by atoms with E-state index in [1.807, 2.05) is 55.5 Å². The zero-order valence-corrected chi connectivity index (χ0v) is 15.9. The Morgan fingerprint density at radius 3 is 1.97 bits per heavy atom. The number of fused-ring (bicyclic) bond motifs is 1. The Morgan fingerprint density at radius 2 is 1.40 bits per heavy atom. The number of carbonyl (C=O) groups is 1. The summed E-state index contributed by atoms with van der Waals surface area (Å²) < 4.78 is 39.1. The van der Waals surface area contributed by atoms with E-state index in [4.69, 9.17) is 0 Å². The molecule has 0 amide bonds. The molecule has 1 N–H and O–H groups in total. The van der Waals surface area contributed by atoms with E-state index in [9.17, 15) is 23.1 Å². The first-order valence-electron chi connectivity index (χ1n) is 9.15. The van der Waals surface area contributed by atoms with Gasteiger partial charge in [0.1, 0.15) is 0 Å². The molecule has 1 heterocycles. The van der Waals surface area contributed by atoms with E-state index in [2.05, 4.69) is 4.98 Å². The largest absolute Gasteiger partial charge is 0.478 e. The van der Waals surface area contributed by atoms with Gasteiger partial charge in [0, 0.05) is 10.9 Å². The molecule has 150 valence electrons. The molecule has 3 nitrogen and oxygen atoms in total. The fourth-order valence-corrected chi connectivity index (χ4v) is 3.31. The molecular formula is C24H16F3NO2. The van der Waals surface area contributed by atoms with Crippen LogP contribution in [0, 0.1) is 6.92 Å². The number of nitrogens with zero attached hydrogens (tertiary/aromatic N) is 1. The Kier molecular flexibility index (Phi) is 4.78. The van der Waals surface area contributed by atoms with Crippen molar-refractivity contribution >= 4 is 16.9 Å². The van der Waals surface area contributed by atoms with Crippen LogP contribution in [0.2, 0.25) is 0 Å². The van der Waals surface area contributed by atoms with Crippen LogP contribution in [0.15, 0.2) is 72.8 Å². The minimum Gasteiger partial charge on any atom is -0.478 e. The van der Waals surface area contributed by atoms with Gasteiger partial charge in [0.15, 0.2) is 0 Å². The van der Waals surface area contributed by atoms with Crippen molar-refractivity contribution in [1.82, 2.24) is 4.98 Å². The summed E-state index contributed by atoms with van der Waals surface area (Å²) in [6.45, 7) is 2.01. The van der Waals surface area contributed by atoms with Gasteiger partial charge in [-0.2, -0.15) is 13.2 Å². The van der Waals surface area contributed by atoms with E-state index in [1.165, 1.54) is 12.1 Å². The average Bonchev–Trinajstić information content (AvgIpc) is 2.72. The molecule has 4 aromatic rings. The summed E-state index contributed by atoms with van der Waals surface area (Å²) in [5, 5.41) is 9.51. The fraction of sp³-hybridized carbons (Fsp3) is 0.0833. The molecular weight excluding hydrogens is 391 g/mol. The first-order valence-corrected chi connectivity index (χ1v) is 9.15. The second-order valence-electron chi connectivity index (χ2n) is 7.03. The highest BCUT2D eigenvalue weighted by atomic mass is 19.4. The van der Waals surface area contributed by atoms with Gasteiger partial charge in [-0.05, 0) is 42.3 Å². The van der Waals surface area contributed by atoms with Crippen LogP contribution in [0.1, 0.15) is 21.5 Å². The summed E-state index contributed by atoms with van der Waals surface area (Å²) in [5.74, 6) is -1.31. The van der Waals surface area contributed by atoms with Crippen molar-refractivity contribution in [2.45, 2.75) is 13.1 Å². The topological polar surface area (TPSA) is 50.2 Å². The number of benzene rings is 3. The predicted molar refractivity (Wildman–Crippen MR) is 109 cm³/mol. The van der Waals surface area contributed by atoms with E-state index in [1.54, 1.807) is 0 Å². The highest BCUT2D eigenvalue weighted by molar-refractivity contribution is 6.04. The third-order valence-electron chi connectivity index (χ3n) is 4.93. The highest BCUT2D eigenvalue weighted by Gasteiger charge is 2.31. The second-order valence-corrected chi connectivity index (χ2v) is 7.03. The standard InChI is InChI=1S/C24H16F3NO2/c1-14-2-4-15(5-3-14)16-6-8-17(9-7-16)22-13-20(23(29)30)19-12-18(24(25,26)27)10-11-21(19)28-22/h2-13H,1H3,(H,29,30). The molecule has 0 saturated carbocycles. The Labute approximate surface area is 170 Å². The summed E-state index contributed by atoms with van der Waals surface area (Å²) in [6, 6.07) is 19.8. The lowest BCUT2D eigenvalue weighted by molar-refractivity contribution is -0.137. The van der Waals surface area contributed by atoms with Crippen LogP contribution in [-0.2, 0) is 6.18 Å². The number of pyridine rings is 1. The van der Waals surface area contributed by atoms with Gasteiger partial charge in [-0.15, -0.1) is 0 Å². The van der Waals surface area contributed by atoms with Crippen LogP contribution in [0.4, 0.5) is 13.2 Å². The third kappa shape index (κ3) is 3.76. The number of carboxylic acid groups (broad SMARTS) is 1. The number of hydrogen-bond donors (Lipinski definition) is 1. The van der Waals surface area contributed by atoms with Crippen molar-refractivity contribution < 1.29 is 23.1 Å². The normalized spacial score (nSPS) is 11.6. The van der Waals surface area contributed by atoms with E-state index < -0.39 is 17.7 Å². The van der Waals surface area contributed by atoms with Gasteiger partial charge in [-0.3, -0.25) is 0 Å². The van der Waals surface area contributed by atoms with Crippen molar-refractivity contribution in [2.75, 3.05) is 0 Å². The fourth-order valence-electron chi connectivity index (χ4n) is 3.31. The molecule has 0 atom stereocenters. The predicted octanol–water partition coefficient (Wildman–Crippen LogP) is 6.59. The Bertz CT molecular complexity index is 1240. The lowest BCUT2D eigenvalue weighted by Gasteiger charge is -2.11. The smallest absolute Gasteiger partial charge is 0.416 e. The van der Waals surface area contributed by atoms with Crippen molar-refractivity contribution in [3.63, 3.8) is 0 Å². The molecule has 0 aliphatic rings. The molecule has 0 spiro atoms. The van der Waals surface area contributed by atoms with Crippen LogP contribution in [-0.4, -0.2) is 16.1 Å². The van der Waals surface area contributed by atoms with Gasteiger partial charge in [0.2, 0.25) is 0 Å². The van der Waals surface area contributed by atoms with Crippen molar-refractivity contribution in [1.29, 1.82) is 0 Å². The quantitative estimate of drug-likeness (QED) is 0.417. The van der Waals surface area contributed by atoms with Crippen LogP contribution in [0.5, 0.6) is 0 Å². The molecule has 1 aromatic heterocycles. The SMILES string of the molecule is Cc1ccc(-c2ccc(-c3cc(C(=O)O)c4cc(C(F)(F)F)ccc4n3)cc2)cc1. The molecule has 0 unspecified atom stereocenters. The minimum absolute atomic E-state index is 0.0441. The number of halogens is 3. The maximum atomic E-state index is 13.0. The molecule has 0 radical (unpaired) electrons. The van der Waals surface area contributed by atoms with Gasteiger partial charge < -0.3 is 5.11 Å². The number of aromatic carboxylic acids is 1. The molecule has 0 bridgehead atoms. The molecule has 6 heteroatoms. The van der Waals surface area contributed by atoms with Gasteiger partial charge in [-0.1, -0.05) is 54.1 Å². The van der Waals surface area contributed by atoms with E-state index >= 15 is 0 Å². The minimum atomic E-state index is -4.56. The highest BCUT2D eigenvalue weighted by Crippen LogP contribution is 2.33. The van der Waals surface area contributed by atoms with Crippen molar-refractivity contribution in [3.05, 3.63) is 89.5 Å². The summed E-state index contributed by atoms with van der Waals surface area (Å²) in [4.78, 5) is 16.1. The molecule has 3 aromatic carbocycles. The zero-order chi connectivity index (χ0) is 21.5. The maximum Gasteiger partial charge on any atom is 0.416 e. The number of aromatic nitrogens is 1. The van der Waals surface area contributed by atoms with E-state index in [0.29, 0.717) is 11.3 Å². The van der Waals surface area contributed by atoms with Crippen LogP contribution < -0.4 is 0 Å². The number of aryl methyl sites for hydroxylation is 1. The lowest BCUT2D eigenvalue weighted by Crippen LogP contribution is -2.06. The third-order valence-corrected chi connectivity index (χ3v) is 4.93. The molecule has 0 aliphatic heterocycles. The molecule has 30 heavy (non-hydrogen) atoms. The summed E-state index contributed by atoms with van der Waals surface area (Å²) in [7, 11) is 0. The molecule has 0 saturated heterocycles. The molecule has 0 aliphatic carbocycles. The van der Waals surface area contributed by atoms with Crippen LogP contribution in [0.3, 0.4) is 0 Å². The van der Waals surface area contributed by atoms with Gasteiger partial charge >= 0.3 is 12.1 Å². The van der Waals surface area contributed by atoms with Crippen LogP contribution >= 0.6 is 0 Å². The van der Waals surface area contributed by atoms with E-state index in [0.717, 1.165) is 28.8 Å². The lowest BCUT2D eigenvalue weighted by atomic mass is 9.99. The molecule has 0 fully saturated rings. The first-order chi connectivity index (χ1) is 14.2. The Morgan fingerprint density at radius 1 is 0.833 bits per heavy atom. The average molecular weight is 407 g/mol. The zero-order valence-electron chi connectivity index (χ0n) is 15.9. The monoisotopic (exact) mass is 407 g/mol. The Balaban J connectivity index is 1.79. The first kappa shape index (κ1) is 19.6. The Hall–Kier alpha value is -3.67. The summed E-state index contributed by atoms with van der Waals surface area (Å²) in [5.41, 5.74) is 3.33. The van der Waals surface area contributed by atoms with Crippen molar-refractivity contribution in [2.24, 2.45) is 0 Å². The second kappa shape index (κ2) is 7.30. The number of alkyl halides is 3. The summed E-state index contributed by atoms with van der Waals surface area (Å²) >= 11 is 0. The number of carboxylic acids is 1. The van der Waals surface area contributed by atoms with E-state index in [-0.39, 0.29) is 16.5 Å². The van der Waals surface area contributed by atoms with Gasteiger partial charge in [-0.25, -0.2) is 9.78 Å². The van der Waals surface area contributed by atoms with Gasteiger partial charge in [0.25, 0.3) is 0 Å². The van der Waals surface area contributed by atoms with Crippen LogP contribution in [0.25, 0.3) is 33.3 Å². The molecule has 4 rings (SSSR count). The number of rotatable bonds is 3. The maximum absolute atomic E-state index is 13.0.